The average Bonchev–Trinajstić information content (AvgIpc) is 2.63. The molecular weight excluding hydrogens is 363 g/mol. The summed E-state index contributed by atoms with van der Waals surface area (Å²) in [5, 5.41) is 5.25. The van der Waals surface area contributed by atoms with Crippen molar-refractivity contribution in [2.45, 2.75) is 32.4 Å². The highest BCUT2D eigenvalue weighted by atomic mass is 19.1. The van der Waals surface area contributed by atoms with Crippen LogP contribution in [0.15, 0.2) is 42.5 Å². The van der Waals surface area contributed by atoms with Gasteiger partial charge in [-0.25, -0.2) is 4.39 Å². The lowest BCUT2D eigenvalue weighted by molar-refractivity contribution is -0.122. The summed E-state index contributed by atoms with van der Waals surface area (Å²) in [5.41, 5.74) is 11.6. The van der Waals surface area contributed by atoms with Gasteiger partial charge in [0.05, 0.1) is 6.42 Å². The van der Waals surface area contributed by atoms with Gasteiger partial charge in [0.15, 0.2) is 0 Å². The maximum Gasteiger partial charge on any atom is 0.252 e. The first kappa shape index (κ1) is 21.0. The van der Waals surface area contributed by atoms with Crippen molar-refractivity contribution >= 4 is 23.4 Å². The van der Waals surface area contributed by atoms with Gasteiger partial charge in [0.25, 0.3) is 5.91 Å². The normalized spacial score (nSPS) is 11.0. The third kappa shape index (κ3) is 5.37. The number of benzene rings is 2. The van der Waals surface area contributed by atoms with E-state index in [0.717, 1.165) is 0 Å². The fourth-order valence-electron chi connectivity index (χ4n) is 2.45. The summed E-state index contributed by atoms with van der Waals surface area (Å²) < 4.78 is 13.0. The molecule has 0 saturated heterocycles. The molecule has 0 aliphatic rings. The summed E-state index contributed by atoms with van der Waals surface area (Å²) in [7, 11) is 0. The molecule has 2 rings (SSSR count). The largest absolute Gasteiger partial charge is 0.368 e. The molecule has 0 fully saturated rings. The monoisotopic (exact) mass is 386 g/mol. The number of carbonyl (C=O) groups excluding carboxylic acids is 3. The van der Waals surface area contributed by atoms with Crippen LogP contribution in [-0.4, -0.2) is 23.3 Å². The second kappa shape index (κ2) is 8.62. The Hall–Kier alpha value is -3.26. The summed E-state index contributed by atoms with van der Waals surface area (Å²) in [6, 6.07) is 10.3. The maximum absolute atomic E-state index is 13.0. The van der Waals surface area contributed by atoms with Gasteiger partial charge in [-0.2, -0.15) is 0 Å². The lowest BCUT2D eigenvalue weighted by Crippen LogP contribution is -2.53. The second-order valence-electron chi connectivity index (χ2n) is 6.87. The standard InChI is InChI=1S/C20H23FN4O3/c1-20(2,19(23)28)25-18(27)16-10-15(8-5-13(16)11-22)24-17(26)9-12-3-6-14(21)7-4-12/h3-8,10H,9,11,22H2,1-2H3,(H2,23,28)(H,24,26)(H,25,27). The van der Waals surface area contributed by atoms with Crippen LogP contribution in [0.25, 0.3) is 0 Å². The Bertz CT molecular complexity index is 895. The summed E-state index contributed by atoms with van der Waals surface area (Å²) >= 11 is 0. The fraction of sp³-hybridized carbons (Fsp3) is 0.250. The van der Waals surface area contributed by atoms with E-state index in [0.29, 0.717) is 16.8 Å². The van der Waals surface area contributed by atoms with E-state index < -0.39 is 17.4 Å². The second-order valence-corrected chi connectivity index (χ2v) is 6.87. The van der Waals surface area contributed by atoms with E-state index in [9.17, 15) is 18.8 Å². The van der Waals surface area contributed by atoms with Gasteiger partial charge in [-0.05, 0) is 49.2 Å². The minimum Gasteiger partial charge on any atom is -0.368 e. The number of amides is 3. The SMILES string of the molecule is CC(C)(NC(=O)c1cc(NC(=O)Cc2ccc(F)cc2)ccc1CN)C(N)=O. The van der Waals surface area contributed by atoms with Gasteiger partial charge in [0.2, 0.25) is 11.8 Å². The Balaban J connectivity index is 2.17. The molecule has 0 radical (unpaired) electrons. The molecule has 0 bridgehead atoms. The zero-order valence-corrected chi connectivity index (χ0v) is 15.7. The Kier molecular flexibility index (Phi) is 6.48. The number of hydrogen-bond acceptors (Lipinski definition) is 4. The number of anilines is 1. The minimum atomic E-state index is -1.25. The van der Waals surface area contributed by atoms with Crippen LogP contribution in [0.5, 0.6) is 0 Å². The maximum atomic E-state index is 13.0. The van der Waals surface area contributed by atoms with Crippen molar-refractivity contribution < 1.29 is 18.8 Å². The van der Waals surface area contributed by atoms with Crippen molar-refractivity contribution in [3.8, 4) is 0 Å². The number of nitrogens with one attached hydrogen (secondary N) is 2. The van der Waals surface area contributed by atoms with Gasteiger partial charge in [-0.15, -0.1) is 0 Å². The van der Waals surface area contributed by atoms with Gasteiger partial charge in [-0.1, -0.05) is 18.2 Å². The quantitative estimate of drug-likeness (QED) is 0.574. The molecule has 0 unspecified atom stereocenters. The molecular formula is C20H23FN4O3. The van der Waals surface area contributed by atoms with Crippen molar-refractivity contribution in [1.82, 2.24) is 5.32 Å². The Morgan fingerprint density at radius 2 is 1.71 bits per heavy atom. The van der Waals surface area contributed by atoms with E-state index in [1.54, 1.807) is 12.1 Å². The third-order valence-corrected chi connectivity index (χ3v) is 4.18. The molecule has 28 heavy (non-hydrogen) atoms. The number of carbonyl (C=O) groups is 3. The zero-order chi connectivity index (χ0) is 20.9. The van der Waals surface area contributed by atoms with E-state index >= 15 is 0 Å². The zero-order valence-electron chi connectivity index (χ0n) is 15.7. The minimum absolute atomic E-state index is 0.0508. The van der Waals surface area contributed by atoms with E-state index in [1.165, 1.54) is 44.2 Å². The number of primary amides is 1. The average molecular weight is 386 g/mol. The number of halogens is 1. The van der Waals surface area contributed by atoms with Crippen molar-refractivity contribution in [3.63, 3.8) is 0 Å². The van der Waals surface area contributed by atoms with Crippen LogP contribution < -0.4 is 22.1 Å². The first-order valence-electron chi connectivity index (χ1n) is 8.62. The summed E-state index contributed by atoms with van der Waals surface area (Å²) in [5.74, 6) is -1.91. The first-order chi connectivity index (χ1) is 13.1. The van der Waals surface area contributed by atoms with Crippen LogP contribution in [0.1, 0.15) is 35.3 Å². The molecule has 0 saturated carbocycles. The molecule has 0 spiro atoms. The molecule has 2 aromatic rings. The van der Waals surface area contributed by atoms with Crippen molar-refractivity contribution in [1.29, 1.82) is 0 Å². The topological polar surface area (TPSA) is 127 Å². The van der Waals surface area contributed by atoms with Crippen LogP contribution in [0.3, 0.4) is 0 Å². The lowest BCUT2D eigenvalue weighted by atomic mass is 10.0. The third-order valence-electron chi connectivity index (χ3n) is 4.18. The summed E-state index contributed by atoms with van der Waals surface area (Å²) in [6.07, 6.45) is 0.0508. The first-order valence-corrected chi connectivity index (χ1v) is 8.62. The molecule has 3 amide bonds. The van der Waals surface area contributed by atoms with Gasteiger partial charge in [0, 0.05) is 17.8 Å². The smallest absolute Gasteiger partial charge is 0.252 e. The number of rotatable bonds is 7. The predicted molar refractivity (Wildman–Crippen MR) is 104 cm³/mol. The predicted octanol–water partition coefficient (Wildman–Crippen LogP) is 1.46. The summed E-state index contributed by atoms with van der Waals surface area (Å²) in [4.78, 5) is 36.3. The molecule has 6 N–H and O–H groups in total. The van der Waals surface area contributed by atoms with Gasteiger partial charge in [0.1, 0.15) is 11.4 Å². The van der Waals surface area contributed by atoms with Crippen molar-refractivity contribution in [2.24, 2.45) is 11.5 Å². The highest BCUT2D eigenvalue weighted by Crippen LogP contribution is 2.18. The number of hydrogen-bond donors (Lipinski definition) is 4. The Morgan fingerprint density at radius 3 is 2.29 bits per heavy atom. The molecule has 0 atom stereocenters. The molecule has 0 aliphatic heterocycles. The van der Waals surface area contributed by atoms with E-state index in [-0.39, 0.29) is 30.3 Å². The number of nitrogens with two attached hydrogens (primary N) is 2. The van der Waals surface area contributed by atoms with E-state index in [1.807, 2.05) is 0 Å². The lowest BCUT2D eigenvalue weighted by Gasteiger charge is -2.23. The van der Waals surface area contributed by atoms with Crippen LogP contribution >= 0.6 is 0 Å². The van der Waals surface area contributed by atoms with Gasteiger partial charge >= 0.3 is 0 Å². The van der Waals surface area contributed by atoms with E-state index in [2.05, 4.69) is 10.6 Å². The molecule has 148 valence electrons. The van der Waals surface area contributed by atoms with Crippen LogP contribution in [0.2, 0.25) is 0 Å². The summed E-state index contributed by atoms with van der Waals surface area (Å²) in [6.45, 7) is 3.08. The molecule has 0 heterocycles. The van der Waals surface area contributed by atoms with Gasteiger partial charge < -0.3 is 22.1 Å². The Morgan fingerprint density at radius 1 is 1.07 bits per heavy atom. The molecule has 0 aromatic heterocycles. The fourth-order valence-corrected chi connectivity index (χ4v) is 2.45. The molecule has 8 heteroatoms. The van der Waals surface area contributed by atoms with Crippen LogP contribution in [0.4, 0.5) is 10.1 Å². The van der Waals surface area contributed by atoms with Gasteiger partial charge in [-0.3, -0.25) is 14.4 Å². The highest BCUT2D eigenvalue weighted by Gasteiger charge is 2.28. The molecule has 7 nitrogen and oxygen atoms in total. The Labute approximate surface area is 162 Å². The van der Waals surface area contributed by atoms with Crippen molar-refractivity contribution in [3.05, 3.63) is 65.0 Å². The highest BCUT2D eigenvalue weighted by molar-refractivity contribution is 6.01. The van der Waals surface area contributed by atoms with Crippen LogP contribution in [-0.2, 0) is 22.6 Å². The van der Waals surface area contributed by atoms with Crippen LogP contribution in [0, 0.1) is 5.82 Å². The molecule has 2 aromatic carbocycles. The molecule has 0 aliphatic carbocycles. The van der Waals surface area contributed by atoms with E-state index in [4.69, 9.17) is 11.5 Å². The van der Waals surface area contributed by atoms with Crippen molar-refractivity contribution in [2.75, 3.05) is 5.32 Å².